The Morgan fingerprint density at radius 2 is 1.88 bits per heavy atom. The number of hydrogen-bond donors (Lipinski definition) is 0. The van der Waals surface area contributed by atoms with Crippen molar-refractivity contribution in [3.05, 3.63) is 46.0 Å². The van der Waals surface area contributed by atoms with Gasteiger partial charge in [-0.05, 0) is 44.4 Å². The van der Waals surface area contributed by atoms with E-state index in [1.165, 1.54) is 5.57 Å². The van der Waals surface area contributed by atoms with E-state index in [0.29, 0.717) is 0 Å². The van der Waals surface area contributed by atoms with Gasteiger partial charge in [-0.15, -0.1) is 0 Å². The zero-order valence-corrected chi connectivity index (χ0v) is 11.2. The Balaban J connectivity index is 2.47. The average Bonchev–Trinajstić information content (AvgIpc) is 2.15. The molecule has 2 rings (SSSR count). The molecular weight excluding hydrogens is 264 g/mol. The van der Waals surface area contributed by atoms with Crippen molar-refractivity contribution in [1.82, 2.24) is 0 Å². The van der Waals surface area contributed by atoms with Crippen LogP contribution in [0.5, 0.6) is 0 Å². The molecule has 1 aromatic carbocycles. The molecule has 84 valence electrons. The molecule has 0 saturated heterocycles. The standard InChI is InChI=1S/C14H15BrO/c1-10(16)14(2,11-4-3-5-11)12-6-8-13(15)9-7-12/h4,6-9H,3,5H2,1-2H3. The third kappa shape index (κ3) is 1.75. The lowest BCUT2D eigenvalue weighted by Gasteiger charge is -2.34. The SMILES string of the molecule is CC(=O)C(C)(C1=CCC1)c1ccc(Br)cc1. The highest BCUT2D eigenvalue weighted by Gasteiger charge is 2.37. The number of hydrogen-bond acceptors (Lipinski definition) is 1. The third-order valence-electron chi connectivity index (χ3n) is 3.57. The van der Waals surface area contributed by atoms with Crippen LogP contribution in [0.2, 0.25) is 0 Å². The molecule has 0 saturated carbocycles. The van der Waals surface area contributed by atoms with Gasteiger partial charge in [-0.2, -0.15) is 0 Å². The number of ketones is 1. The number of carbonyl (C=O) groups excluding carboxylic acids is 1. The summed E-state index contributed by atoms with van der Waals surface area (Å²) in [7, 11) is 0. The summed E-state index contributed by atoms with van der Waals surface area (Å²) in [6.07, 6.45) is 4.34. The Hall–Kier alpha value is -0.890. The molecule has 2 heteroatoms. The van der Waals surface area contributed by atoms with Gasteiger partial charge >= 0.3 is 0 Å². The largest absolute Gasteiger partial charge is 0.299 e. The average molecular weight is 279 g/mol. The minimum Gasteiger partial charge on any atom is -0.299 e. The molecule has 0 aromatic heterocycles. The van der Waals surface area contributed by atoms with Crippen molar-refractivity contribution in [1.29, 1.82) is 0 Å². The van der Waals surface area contributed by atoms with Gasteiger partial charge in [0.1, 0.15) is 5.78 Å². The van der Waals surface area contributed by atoms with Gasteiger partial charge in [-0.1, -0.05) is 39.7 Å². The fraction of sp³-hybridized carbons (Fsp3) is 0.357. The molecule has 1 unspecified atom stereocenters. The first kappa shape index (κ1) is 11.6. The van der Waals surface area contributed by atoms with Crippen LogP contribution in [-0.2, 0) is 10.2 Å². The summed E-state index contributed by atoms with van der Waals surface area (Å²) in [6.45, 7) is 3.71. The topological polar surface area (TPSA) is 17.1 Å². The number of Topliss-reactive ketones (excluding diaryl/α,β-unsaturated/α-hetero) is 1. The van der Waals surface area contributed by atoms with Gasteiger partial charge < -0.3 is 0 Å². The molecule has 1 aliphatic rings. The molecule has 0 fully saturated rings. The van der Waals surface area contributed by atoms with Gasteiger partial charge in [0.15, 0.2) is 0 Å². The van der Waals surface area contributed by atoms with E-state index in [2.05, 4.69) is 22.0 Å². The lowest BCUT2D eigenvalue weighted by atomic mass is 9.68. The molecule has 1 atom stereocenters. The van der Waals surface area contributed by atoms with E-state index in [9.17, 15) is 4.79 Å². The summed E-state index contributed by atoms with van der Waals surface area (Å²) < 4.78 is 1.05. The number of rotatable bonds is 3. The van der Waals surface area contributed by atoms with Crippen LogP contribution >= 0.6 is 15.9 Å². The van der Waals surface area contributed by atoms with Gasteiger partial charge in [0.2, 0.25) is 0 Å². The maximum absolute atomic E-state index is 11.9. The molecule has 0 bridgehead atoms. The van der Waals surface area contributed by atoms with Crippen LogP contribution in [0.4, 0.5) is 0 Å². The second-order valence-electron chi connectivity index (χ2n) is 4.46. The van der Waals surface area contributed by atoms with Crippen LogP contribution in [0.25, 0.3) is 0 Å². The fourth-order valence-corrected chi connectivity index (χ4v) is 2.41. The number of halogens is 1. The van der Waals surface area contributed by atoms with Gasteiger partial charge in [-0.3, -0.25) is 4.79 Å². The van der Waals surface area contributed by atoms with Crippen molar-refractivity contribution in [2.75, 3.05) is 0 Å². The first-order chi connectivity index (χ1) is 7.55. The number of carbonyl (C=O) groups is 1. The third-order valence-corrected chi connectivity index (χ3v) is 4.10. The minimum absolute atomic E-state index is 0.223. The van der Waals surface area contributed by atoms with Crippen LogP contribution in [0.1, 0.15) is 32.3 Å². The lowest BCUT2D eigenvalue weighted by Crippen LogP contribution is -2.34. The van der Waals surface area contributed by atoms with E-state index in [1.54, 1.807) is 6.92 Å². The number of benzene rings is 1. The summed E-state index contributed by atoms with van der Waals surface area (Å²) in [5.74, 6) is 0.223. The van der Waals surface area contributed by atoms with Crippen molar-refractivity contribution in [3.8, 4) is 0 Å². The molecule has 0 heterocycles. The Morgan fingerprint density at radius 1 is 1.31 bits per heavy atom. The maximum atomic E-state index is 11.9. The zero-order chi connectivity index (χ0) is 11.8. The van der Waals surface area contributed by atoms with E-state index < -0.39 is 5.41 Å². The second kappa shape index (κ2) is 4.17. The van der Waals surface area contributed by atoms with E-state index in [4.69, 9.17) is 0 Å². The highest BCUT2D eigenvalue weighted by atomic mass is 79.9. The molecule has 1 aliphatic carbocycles. The summed E-state index contributed by atoms with van der Waals surface area (Å²) in [5.41, 5.74) is 1.94. The first-order valence-corrected chi connectivity index (χ1v) is 6.31. The highest BCUT2D eigenvalue weighted by molar-refractivity contribution is 9.10. The van der Waals surface area contributed by atoms with Gasteiger partial charge in [-0.25, -0.2) is 0 Å². The molecule has 1 aromatic rings. The van der Waals surface area contributed by atoms with Crippen LogP contribution < -0.4 is 0 Å². The van der Waals surface area contributed by atoms with Gasteiger partial charge in [0.25, 0.3) is 0 Å². The summed E-state index contributed by atoms with van der Waals surface area (Å²) in [5, 5.41) is 0. The fourth-order valence-electron chi connectivity index (χ4n) is 2.14. The second-order valence-corrected chi connectivity index (χ2v) is 5.37. The molecule has 1 nitrogen and oxygen atoms in total. The normalized spacial score (nSPS) is 18.3. The summed E-state index contributed by atoms with van der Waals surface area (Å²) >= 11 is 3.42. The Labute approximate surface area is 105 Å². The van der Waals surface area contributed by atoms with Crippen molar-refractivity contribution >= 4 is 21.7 Å². The maximum Gasteiger partial charge on any atom is 0.144 e. The molecule has 0 amide bonds. The Kier molecular flexibility index (Phi) is 3.02. The molecule has 0 spiro atoms. The van der Waals surface area contributed by atoms with Crippen LogP contribution in [0.3, 0.4) is 0 Å². The summed E-state index contributed by atoms with van der Waals surface area (Å²) in [4.78, 5) is 11.9. The van der Waals surface area contributed by atoms with Crippen LogP contribution in [0, 0.1) is 0 Å². The van der Waals surface area contributed by atoms with E-state index in [1.807, 2.05) is 31.2 Å². The number of allylic oxidation sites excluding steroid dienone is 2. The van der Waals surface area contributed by atoms with Gasteiger partial charge in [0.05, 0.1) is 5.41 Å². The van der Waals surface area contributed by atoms with E-state index in [0.717, 1.165) is 22.9 Å². The molecular formula is C14H15BrO. The lowest BCUT2D eigenvalue weighted by molar-refractivity contribution is -0.120. The quantitative estimate of drug-likeness (QED) is 0.764. The molecule has 16 heavy (non-hydrogen) atoms. The minimum atomic E-state index is -0.418. The molecule has 0 radical (unpaired) electrons. The van der Waals surface area contributed by atoms with Gasteiger partial charge in [0, 0.05) is 4.47 Å². The highest BCUT2D eigenvalue weighted by Crippen LogP contribution is 2.40. The Bertz CT molecular complexity index is 444. The Morgan fingerprint density at radius 3 is 2.25 bits per heavy atom. The van der Waals surface area contributed by atoms with Crippen molar-refractivity contribution in [2.45, 2.75) is 32.1 Å². The zero-order valence-electron chi connectivity index (χ0n) is 9.59. The monoisotopic (exact) mass is 278 g/mol. The smallest absolute Gasteiger partial charge is 0.144 e. The van der Waals surface area contributed by atoms with Crippen LogP contribution in [0.15, 0.2) is 40.4 Å². The predicted molar refractivity (Wildman–Crippen MR) is 69.5 cm³/mol. The van der Waals surface area contributed by atoms with Crippen molar-refractivity contribution in [3.63, 3.8) is 0 Å². The van der Waals surface area contributed by atoms with Crippen molar-refractivity contribution in [2.24, 2.45) is 0 Å². The van der Waals surface area contributed by atoms with Crippen molar-refractivity contribution < 1.29 is 4.79 Å². The van der Waals surface area contributed by atoms with Crippen LogP contribution in [-0.4, -0.2) is 5.78 Å². The van der Waals surface area contributed by atoms with E-state index in [-0.39, 0.29) is 5.78 Å². The predicted octanol–water partition coefficient (Wildman–Crippen LogP) is 4.02. The molecule has 0 N–H and O–H groups in total. The summed E-state index contributed by atoms with van der Waals surface area (Å²) in [6, 6.07) is 8.06. The first-order valence-electron chi connectivity index (χ1n) is 5.51. The van der Waals surface area contributed by atoms with E-state index >= 15 is 0 Å². The molecule has 0 aliphatic heterocycles.